The number of benzene rings is 1. The molecular weight excluding hydrogens is 490 g/mol. The topological polar surface area (TPSA) is 197 Å². The molecule has 1 saturated heterocycles. The van der Waals surface area contributed by atoms with Crippen LogP contribution in [0.2, 0.25) is 0 Å². The van der Waals surface area contributed by atoms with Gasteiger partial charge in [0, 0.05) is 24.9 Å². The lowest BCUT2D eigenvalue weighted by Gasteiger charge is -2.30. The fourth-order valence-corrected chi connectivity index (χ4v) is 4.58. The normalized spacial score (nSPS) is 17.4. The number of nitrogens with zero attached hydrogens (tertiary/aromatic N) is 2. The minimum absolute atomic E-state index is 0.0266. The predicted molar refractivity (Wildman–Crippen MR) is 140 cm³/mol. The summed E-state index contributed by atoms with van der Waals surface area (Å²) in [4.78, 5) is 59.5. The van der Waals surface area contributed by atoms with Crippen molar-refractivity contribution in [2.24, 2.45) is 11.5 Å². The van der Waals surface area contributed by atoms with Crippen LogP contribution in [0.3, 0.4) is 0 Å². The third-order valence-electron chi connectivity index (χ3n) is 6.63. The molecule has 1 aromatic carbocycles. The van der Waals surface area contributed by atoms with Gasteiger partial charge in [0.2, 0.25) is 17.7 Å². The number of unbranched alkanes of at least 4 members (excludes halogenated alkanes) is 1. The van der Waals surface area contributed by atoms with Crippen molar-refractivity contribution in [3.05, 3.63) is 54.1 Å². The zero-order valence-corrected chi connectivity index (χ0v) is 21.3. The second-order valence-corrected chi connectivity index (χ2v) is 9.51. The van der Waals surface area contributed by atoms with Gasteiger partial charge in [-0.05, 0) is 50.6 Å². The van der Waals surface area contributed by atoms with Gasteiger partial charge in [0.1, 0.15) is 18.1 Å². The third-order valence-corrected chi connectivity index (χ3v) is 6.63. The van der Waals surface area contributed by atoms with Gasteiger partial charge in [-0.3, -0.25) is 14.4 Å². The van der Waals surface area contributed by atoms with Gasteiger partial charge < -0.3 is 37.1 Å². The Morgan fingerprint density at radius 3 is 2.53 bits per heavy atom. The van der Waals surface area contributed by atoms with Crippen LogP contribution in [-0.4, -0.2) is 80.9 Å². The van der Waals surface area contributed by atoms with E-state index in [2.05, 4.69) is 20.6 Å². The number of carboxylic acids is 1. The number of carboxylic acid groups (broad SMARTS) is 1. The molecule has 4 atom stereocenters. The molecule has 38 heavy (non-hydrogen) atoms. The molecule has 0 saturated carbocycles. The Morgan fingerprint density at radius 2 is 1.87 bits per heavy atom. The molecule has 3 rings (SSSR count). The summed E-state index contributed by atoms with van der Waals surface area (Å²) in [7, 11) is 0. The van der Waals surface area contributed by atoms with Gasteiger partial charge in [0.15, 0.2) is 0 Å². The lowest BCUT2D eigenvalue weighted by atomic mass is 10.0. The Hall–Kier alpha value is -3.77. The van der Waals surface area contributed by atoms with Gasteiger partial charge >= 0.3 is 5.97 Å². The van der Waals surface area contributed by atoms with Gasteiger partial charge in [-0.25, -0.2) is 9.78 Å². The fraction of sp³-hybridized carbons (Fsp3) is 0.500. The fourth-order valence-electron chi connectivity index (χ4n) is 4.58. The standard InChI is InChI=1S/C26H37N7O5/c27-11-5-4-9-20(31-23(34)19(28)13-17-7-2-1-3-8-17)25(36)33-12-6-10-22(33)24(35)32-21(26(37)38)14-18-15-29-16-30-18/h1-3,7-8,15-16,19-22H,4-6,9-14,27-28H2,(H,29,30)(H,31,34)(H,32,35)(H,37,38). The summed E-state index contributed by atoms with van der Waals surface area (Å²) in [5.41, 5.74) is 13.2. The molecule has 2 heterocycles. The van der Waals surface area contributed by atoms with Crippen molar-refractivity contribution >= 4 is 23.7 Å². The van der Waals surface area contributed by atoms with Crippen LogP contribution >= 0.6 is 0 Å². The van der Waals surface area contributed by atoms with Crippen molar-refractivity contribution in [1.29, 1.82) is 0 Å². The molecule has 0 aliphatic carbocycles. The SMILES string of the molecule is NCCCCC(NC(=O)C(N)Cc1ccccc1)C(=O)N1CCCC1C(=O)NC(Cc1cnc[nH]1)C(=O)O. The molecule has 0 bridgehead atoms. The monoisotopic (exact) mass is 527 g/mol. The molecule has 0 spiro atoms. The van der Waals surface area contributed by atoms with Crippen LogP contribution in [0.5, 0.6) is 0 Å². The molecule has 0 radical (unpaired) electrons. The predicted octanol–water partition coefficient (Wildman–Crippen LogP) is -0.304. The molecule has 12 heteroatoms. The van der Waals surface area contributed by atoms with E-state index < -0.39 is 42.0 Å². The van der Waals surface area contributed by atoms with E-state index in [9.17, 15) is 24.3 Å². The lowest BCUT2D eigenvalue weighted by Crippen LogP contribution is -2.57. The minimum atomic E-state index is -1.19. The van der Waals surface area contributed by atoms with Gasteiger partial charge in [-0.15, -0.1) is 0 Å². The van der Waals surface area contributed by atoms with E-state index in [4.69, 9.17) is 11.5 Å². The van der Waals surface area contributed by atoms with Crippen LogP contribution < -0.4 is 22.1 Å². The minimum Gasteiger partial charge on any atom is -0.480 e. The van der Waals surface area contributed by atoms with Crippen LogP contribution in [0.1, 0.15) is 43.4 Å². The number of rotatable bonds is 14. The van der Waals surface area contributed by atoms with Crippen LogP contribution in [0.4, 0.5) is 0 Å². The average molecular weight is 528 g/mol. The zero-order valence-electron chi connectivity index (χ0n) is 21.3. The van der Waals surface area contributed by atoms with E-state index >= 15 is 0 Å². The maximum atomic E-state index is 13.6. The number of carbonyl (C=O) groups is 4. The molecule has 1 aliphatic rings. The van der Waals surface area contributed by atoms with Crippen LogP contribution in [0, 0.1) is 0 Å². The molecule has 3 amide bonds. The summed E-state index contributed by atoms with van der Waals surface area (Å²) in [5, 5.41) is 14.9. The van der Waals surface area contributed by atoms with Crippen molar-refractivity contribution < 1.29 is 24.3 Å². The van der Waals surface area contributed by atoms with E-state index in [1.807, 2.05) is 30.3 Å². The molecule has 1 aliphatic heterocycles. The first kappa shape index (κ1) is 28.8. The molecular formula is C26H37N7O5. The number of amides is 3. The molecule has 12 nitrogen and oxygen atoms in total. The second kappa shape index (κ2) is 14.2. The number of nitrogens with two attached hydrogens (primary N) is 2. The molecule has 2 aromatic rings. The Bertz CT molecular complexity index is 1060. The van der Waals surface area contributed by atoms with Crippen LogP contribution in [-0.2, 0) is 32.0 Å². The van der Waals surface area contributed by atoms with E-state index in [1.165, 1.54) is 17.4 Å². The van der Waals surface area contributed by atoms with Crippen LogP contribution in [0.15, 0.2) is 42.9 Å². The van der Waals surface area contributed by atoms with Gasteiger partial charge in [-0.1, -0.05) is 30.3 Å². The Kier molecular flexibility index (Phi) is 10.8. The van der Waals surface area contributed by atoms with Crippen molar-refractivity contribution in [1.82, 2.24) is 25.5 Å². The second-order valence-electron chi connectivity index (χ2n) is 9.51. The number of nitrogens with one attached hydrogen (secondary N) is 3. The first-order chi connectivity index (χ1) is 18.3. The highest BCUT2D eigenvalue weighted by Crippen LogP contribution is 2.20. The molecule has 4 unspecified atom stereocenters. The highest BCUT2D eigenvalue weighted by atomic mass is 16.4. The number of aliphatic carboxylic acids is 1. The summed E-state index contributed by atoms with van der Waals surface area (Å²) < 4.78 is 0. The molecule has 1 aromatic heterocycles. The Labute approximate surface area is 221 Å². The Morgan fingerprint density at radius 1 is 1.11 bits per heavy atom. The Balaban J connectivity index is 1.67. The van der Waals surface area contributed by atoms with E-state index in [1.54, 1.807) is 0 Å². The molecule has 206 valence electrons. The zero-order chi connectivity index (χ0) is 27.5. The van der Waals surface area contributed by atoms with Crippen molar-refractivity contribution in [2.45, 2.75) is 69.1 Å². The summed E-state index contributed by atoms with van der Waals surface area (Å²) in [6.07, 6.45) is 5.87. The summed E-state index contributed by atoms with van der Waals surface area (Å²) in [6.45, 7) is 0.776. The number of hydrogen-bond donors (Lipinski definition) is 6. The van der Waals surface area contributed by atoms with E-state index in [-0.39, 0.29) is 12.3 Å². The first-order valence-electron chi connectivity index (χ1n) is 12.9. The quantitative estimate of drug-likeness (QED) is 0.180. The van der Waals surface area contributed by atoms with Crippen molar-refractivity contribution in [2.75, 3.05) is 13.1 Å². The molecule has 8 N–H and O–H groups in total. The number of likely N-dealkylation sites (tertiary alicyclic amines) is 1. The third kappa shape index (κ3) is 8.12. The lowest BCUT2D eigenvalue weighted by molar-refractivity contribution is -0.145. The summed E-state index contributed by atoms with van der Waals surface area (Å²) in [6, 6.07) is 5.61. The van der Waals surface area contributed by atoms with E-state index in [0.717, 1.165) is 5.56 Å². The number of aromatic amines is 1. The number of hydrogen-bond acceptors (Lipinski definition) is 7. The average Bonchev–Trinajstić information content (AvgIpc) is 3.60. The molecule has 1 fully saturated rings. The number of carbonyl (C=O) groups excluding carboxylic acids is 3. The van der Waals surface area contributed by atoms with Crippen LogP contribution in [0.25, 0.3) is 0 Å². The smallest absolute Gasteiger partial charge is 0.326 e. The summed E-state index contributed by atoms with van der Waals surface area (Å²) >= 11 is 0. The van der Waals surface area contributed by atoms with Gasteiger partial charge in [-0.2, -0.15) is 0 Å². The van der Waals surface area contributed by atoms with E-state index in [0.29, 0.717) is 57.3 Å². The summed E-state index contributed by atoms with van der Waals surface area (Å²) in [5.74, 6) is -2.58. The van der Waals surface area contributed by atoms with Crippen molar-refractivity contribution in [3.8, 4) is 0 Å². The number of aromatic nitrogens is 2. The van der Waals surface area contributed by atoms with Gasteiger partial charge in [0.05, 0.1) is 12.4 Å². The maximum Gasteiger partial charge on any atom is 0.326 e. The van der Waals surface area contributed by atoms with Crippen molar-refractivity contribution in [3.63, 3.8) is 0 Å². The first-order valence-corrected chi connectivity index (χ1v) is 12.9. The highest BCUT2D eigenvalue weighted by molar-refractivity contribution is 5.94. The van der Waals surface area contributed by atoms with Gasteiger partial charge in [0.25, 0.3) is 0 Å². The highest BCUT2D eigenvalue weighted by Gasteiger charge is 2.39. The largest absolute Gasteiger partial charge is 0.480 e. The maximum absolute atomic E-state index is 13.6. The number of H-pyrrole nitrogens is 1. The number of imidazole rings is 1.